The number of aliphatic hydroxyl groups is 1. The number of hydrogen-bond donors (Lipinski definition) is 3. The van der Waals surface area contributed by atoms with Gasteiger partial charge in [0.2, 0.25) is 0 Å². The third-order valence-electron chi connectivity index (χ3n) is 2.89. The summed E-state index contributed by atoms with van der Waals surface area (Å²) in [5, 5.41) is 19.4. The molecule has 17 heavy (non-hydrogen) atoms. The summed E-state index contributed by atoms with van der Waals surface area (Å²) >= 11 is 0. The molecule has 1 aromatic carbocycles. The minimum atomic E-state index is 0.0836. The normalized spacial score (nSPS) is 10.5. The third kappa shape index (κ3) is 2.65. The molecule has 4 heteroatoms. The van der Waals surface area contributed by atoms with Crippen LogP contribution in [0.3, 0.4) is 0 Å². The molecule has 1 heterocycles. The van der Waals surface area contributed by atoms with Gasteiger partial charge in [-0.2, -0.15) is 5.10 Å². The molecule has 4 nitrogen and oxygen atoms in total. The first kappa shape index (κ1) is 11.7. The van der Waals surface area contributed by atoms with E-state index in [1.165, 1.54) is 5.56 Å². The lowest BCUT2D eigenvalue weighted by molar-refractivity contribution is 0.282. The Kier molecular flexibility index (Phi) is 3.44. The van der Waals surface area contributed by atoms with Gasteiger partial charge in [-0.15, -0.1) is 0 Å². The van der Waals surface area contributed by atoms with Crippen molar-refractivity contribution in [3.63, 3.8) is 0 Å². The summed E-state index contributed by atoms with van der Waals surface area (Å²) in [6.45, 7) is 4.86. The Bertz CT molecular complexity index is 468. The lowest BCUT2D eigenvalue weighted by Crippen LogP contribution is -2.01. The molecule has 0 unspecified atom stereocenters. The van der Waals surface area contributed by atoms with Crippen LogP contribution in [0.4, 0.5) is 5.69 Å². The zero-order chi connectivity index (χ0) is 12.3. The molecule has 2 rings (SSSR count). The zero-order valence-corrected chi connectivity index (χ0v) is 10.1. The van der Waals surface area contributed by atoms with Crippen molar-refractivity contribution in [1.29, 1.82) is 0 Å². The Morgan fingerprint density at radius 2 is 1.94 bits per heavy atom. The number of aromatic amines is 1. The van der Waals surface area contributed by atoms with Crippen molar-refractivity contribution in [2.24, 2.45) is 0 Å². The summed E-state index contributed by atoms with van der Waals surface area (Å²) in [6.07, 6.45) is 0. The first-order valence-corrected chi connectivity index (χ1v) is 5.65. The highest BCUT2D eigenvalue weighted by Gasteiger charge is 2.05. The zero-order valence-electron chi connectivity index (χ0n) is 10.1. The molecule has 0 aliphatic heterocycles. The average Bonchev–Trinajstić information content (AvgIpc) is 2.67. The number of aryl methyl sites for hydroxylation is 2. The number of nitrogens with one attached hydrogen (secondary N) is 2. The van der Waals surface area contributed by atoms with E-state index < -0.39 is 0 Å². The molecule has 0 saturated heterocycles. The highest BCUT2D eigenvalue weighted by Crippen LogP contribution is 2.14. The van der Waals surface area contributed by atoms with Gasteiger partial charge in [0.25, 0.3) is 0 Å². The SMILES string of the molecule is Cc1n[nH]c(C)c1CNc1ccc(CO)cc1. The number of anilines is 1. The van der Waals surface area contributed by atoms with Crippen molar-refractivity contribution < 1.29 is 5.11 Å². The second-order valence-electron chi connectivity index (χ2n) is 4.12. The quantitative estimate of drug-likeness (QED) is 0.755. The molecular weight excluding hydrogens is 214 g/mol. The summed E-state index contributed by atoms with van der Waals surface area (Å²) < 4.78 is 0. The number of aromatic nitrogens is 2. The largest absolute Gasteiger partial charge is 0.392 e. The molecule has 0 aliphatic rings. The van der Waals surface area contributed by atoms with Crippen molar-refractivity contribution in [3.8, 4) is 0 Å². The minimum Gasteiger partial charge on any atom is -0.392 e. The van der Waals surface area contributed by atoms with E-state index in [1.54, 1.807) is 0 Å². The molecule has 1 aromatic heterocycles. The molecule has 3 N–H and O–H groups in total. The fourth-order valence-corrected chi connectivity index (χ4v) is 1.75. The molecule has 0 spiro atoms. The maximum absolute atomic E-state index is 8.95. The Morgan fingerprint density at radius 1 is 1.24 bits per heavy atom. The van der Waals surface area contributed by atoms with E-state index in [1.807, 2.05) is 38.1 Å². The van der Waals surface area contributed by atoms with Gasteiger partial charge in [-0.3, -0.25) is 5.10 Å². The molecule has 0 amide bonds. The number of hydrogen-bond acceptors (Lipinski definition) is 3. The van der Waals surface area contributed by atoms with Crippen LogP contribution in [0, 0.1) is 13.8 Å². The van der Waals surface area contributed by atoms with Crippen molar-refractivity contribution >= 4 is 5.69 Å². The molecule has 0 radical (unpaired) electrons. The Morgan fingerprint density at radius 3 is 2.47 bits per heavy atom. The van der Waals surface area contributed by atoms with Gasteiger partial charge in [0.1, 0.15) is 0 Å². The molecule has 0 fully saturated rings. The smallest absolute Gasteiger partial charge is 0.0681 e. The highest BCUT2D eigenvalue weighted by atomic mass is 16.3. The van der Waals surface area contributed by atoms with Crippen molar-refractivity contribution in [1.82, 2.24) is 10.2 Å². The summed E-state index contributed by atoms with van der Waals surface area (Å²) in [5.41, 5.74) is 5.30. The maximum atomic E-state index is 8.95. The van der Waals surface area contributed by atoms with Crippen LogP contribution in [0.1, 0.15) is 22.5 Å². The van der Waals surface area contributed by atoms with E-state index in [0.717, 1.165) is 29.2 Å². The van der Waals surface area contributed by atoms with Gasteiger partial charge in [-0.05, 0) is 31.5 Å². The van der Waals surface area contributed by atoms with E-state index in [0.29, 0.717) is 0 Å². The monoisotopic (exact) mass is 231 g/mol. The second-order valence-corrected chi connectivity index (χ2v) is 4.12. The van der Waals surface area contributed by atoms with Gasteiger partial charge in [0.05, 0.1) is 12.3 Å². The number of aliphatic hydroxyl groups excluding tert-OH is 1. The van der Waals surface area contributed by atoms with E-state index in [9.17, 15) is 0 Å². The lowest BCUT2D eigenvalue weighted by atomic mass is 10.2. The van der Waals surface area contributed by atoms with Crippen LogP contribution < -0.4 is 5.32 Å². The van der Waals surface area contributed by atoms with Crippen molar-refractivity contribution in [3.05, 3.63) is 46.8 Å². The molecule has 90 valence electrons. The van der Waals surface area contributed by atoms with Gasteiger partial charge in [-0.25, -0.2) is 0 Å². The topological polar surface area (TPSA) is 60.9 Å². The second kappa shape index (κ2) is 5.01. The Balaban J connectivity index is 2.02. The van der Waals surface area contributed by atoms with Crippen LogP contribution in [0.25, 0.3) is 0 Å². The Labute approximate surface area is 101 Å². The van der Waals surface area contributed by atoms with E-state index in [2.05, 4.69) is 15.5 Å². The molecule has 0 saturated carbocycles. The summed E-state index contributed by atoms with van der Waals surface area (Å²) in [6, 6.07) is 7.77. The van der Waals surface area contributed by atoms with Crippen molar-refractivity contribution in [2.75, 3.05) is 5.32 Å². The molecular formula is C13H17N3O. The number of H-pyrrole nitrogens is 1. The first-order valence-electron chi connectivity index (χ1n) is 5.65. The van der Waals surface area contributed by atoms with Crippen LogP contribution in [-0.2, 0) is 13.2 Å². The van der Waals surface area contributed by atoms with Gasteiger partial charge in [0.15, 0.2) is 0 Å². The fraction of sp³-hybridized carbons (Fsp3) is 0.308. The molecule has 0 atom stereocenters. The predicted octanol–water partition coefficient (Wildman–Crippen LogP) is 2.13. The fourth-order valence-electron chi connectivity index (χ4n) is 1.75. The Hall–Kier alpha value is -1.81. The predicted molar refractivity (Wildman–Crippen MR) is 67.8 cm³/mol. The number of rotatable bonds is 4. The van der Waals surface area contributed by atoms with Gasteiger partial charge < -0.3 is 10.4 Å². The van der Waals surface area contributed by atoms with Crippen LogP contribution in [0.5, 0.6) is 0 Å². The van der Waals surface area contributed by atoms with E-state index >= 15 is 0 Å². The highest BCUT2D eigenvalue weighted by molar-refractivity contribution is 5.45. The summed E-state index contributed by atoms with van der Waals surface area (Å²) in [7, 11) is 0. The average molecular weight is 231 g/mol. The van der Waals surface area contributed by atoms with Crippen LogP contribution >= 0.6 is 0 Å². The van der Waals surface area contributed by atoms with E-state index in [-0.39, 0.29) is 6.61 Å². The minimum absolute atomic E-state index is 0.0836. The summed E-state index contributed by atoms with van der Waals surface area (Å²) in [4.78, 5) is 0. The van der Waals surface area contributed by atoms with Gasteiger partial charge in [-0.1, -0.05) is 12.1 Å². The summed E-state index contributed by atoms with van der Waals surface area (Å²) in [5.74, 6) is 0. The van der Waals surface area contributed by atoms with E-state index in [4.69, 9.17) is 5.11 Å². The maximum Gasteiger partial charge on any atom is 0.0681 e. The first-order chi connectivity index (χ1) is 8.20. The van der Waals surface area contributed by atoms with Crippen molar-refractivity contribution in [2.45, 2.75) is 27.0 Å². The van der Waals surface area contributed by atoms with Crippen LogP contribution in [-0.4, -0.2) is 15.3 Å². The number of nitrogens with zero attached hydrogens (tertiary/aromatic N) is 1. The molecule has 2 aromatic rings. The molecule has 0 bridgehead atoms. The van der Waals surface area contributed by atoms with Gasteiger partial charge in [0, 0.05) is 23.5 Å². The van der Waals surface area contributed by atoms with Crippen LogP contribution in [0.2, 0.25) is 0 Å². The van der Waals surface area contributed by atoms with Gasteiger partial charge >= 0.3 is 0 Å². The standard InChI is InChI=1S/C13H17N3O/c1-9-13(10(2)16-15-9)7-14-12-5-3-11(8-17)4-6-12/h3-6,14,17H,7-8H2,1-2H3,(H,15,16). The van der Waals surface area contributed by atoms with Crippen LogP contribution in [0.15, 0.2) is 24.3 Å². The lowest BCUT2D eigenvalue weighted by Gasteiger charge is -2.07. The molecule has 0 aliphatic carbocycles. The third-order valence-corrected chi connectivity index (χ3v) is 2.89. The number of benzene rings is 1.